The first-order valence-corrected chi connectivity index (χ1v) is 7.74. The van der Waals surface area contributed by atoms with Gasteiger partial charge in [-0.05, 0) is 36.3 Å². The standard InChI is InChI=1S/C19H26O3/c1-13(2)10-16-17(19(16,3)4)18(20)22-12-15-8-6-14(7-9-15)11-21-5/h6-10,16-17H,11-12H2,1-5H3/t16-,17+/m1/s1. The van der Waals surface area contributed by atoms with Crippen molar-refractivity contribution < 1.29 is 14.3 Å². The summed E-state index contributed by atoms with van der Waals surface area (Å²) in [7, 11) is 1.68. The maximum absolute atomic E-state index is 12.3. The van der Waals surface area contributed by atoms with Crippen LogP contribution in [0.3, 0.4) is 0 Å². The van der Waals surface area contributed by atoms with E-state index in [-0.39, 0.29) is 17.3 Å². The Balaban J connectivity index is 1.89. The average molecular weight is 302 g/mol. The normalized spacial score (nSPS) is 22.0. The molecule has 22 heavy (non-hydrogen) atoms. The zero-order valence-electron chi connectivity index (χ0n) is 14.2. The summed E-state index contributed by atoms with van der Waals surface area (Å²) in [4.78, 5) is 12.3. The smallest absolute Gasteiger partial charge is 0.310 e. The van der Waals surface area contributed by atoms with Gasteiger partial charge in [0.05, 0.1) is 12.5 Å². The van der Waals surface area contributed by atoms with Crippen molar-refractivity contribution >= 4 is 5.97 Å². The van der Waals surface area contributed by atoms with E-state index in [4.69, 9.17) is 9.47 Å². The van der Waals surface area contributed by atoms with Crippen molar-refractivity contribution in [3.8, 4) is 0 Å². The van der Waals surface area contributed by atoms with Gasteiger partial charge >= 0.3 is 5.97 Å². The second-order valence-electron chi connectivity index (χ2n) is 6.93. The summed E-state index contributed by atoms with van der Waals surface area (Å²) in [6, 6.07) is 7.96. The molecule has 3 heteroatoms. The van der Waals surface area contributed by atoms with E-state index in [1.54, 1.807) is 7.11 Å². The number of carbonyl (C=O) groups excluding carboxylic acids is 1. The number of ether oxygens (including phenoxy) is 2. The van der Waals surface area contributed by atoms with Crippen molar-refractivity contribution in [2.45, 2.75) is 40.9 Å². The first kappa shape index (κ1) is 16.8. The molecule has 1 aromatic carbocycles. The quantitative estimate of drug-likeness (QED) is 0.586. The van der Waals surface area contributed by atoms with Gasteiger partial charge in [-0.2, -0.15) is 0 Å². The Bertz CT molecular complexity index is 551. The van der Waals surface area contributed by atoms with Crippen LogP contribution in [0, 0.1) is 17.3 Å². The van der Waals surface area contributed by atoms with E-state index in [1.807, 2.05) is 24.3 Å². The van der Waals surface area contributed by atoms with Crippen LogP contribution < -0.4 is 0 Å². The fourth-order valence-electron chi connectivity index (χ4n) is 2.94. The molecule has 0 amide bonds. The fraction of sp³-hybridized carbons (Fsp3) is 0.526. The molecule has 3 nitrogen and oxygen atoms in total. The van der Waals surface area contributed by atoms with Gasteiger partial charge in [0.2, 0.25) is 0 Å². The number of rotatable bonds is 6. The molecule has 1 fully saturated rings. The van der Waals surface area contributed by atoms with Crippen molar-refractivity contribution in [2.24, 2.45) is 17.3 Å². The number of esters is 1. The maximum Gasteiger partial charge on any atom is 0.310 e. The van der Waals surface area contributed by atoms with Crippen LogP contribution >= 0.6 is 0 Å². The summed E-state index contributed by atoms with van der Waals surface area (Å²) in [5, 5.41) is 0. The van der Waals surface area contributed by atoms with E-state index >= 15 is 0 Å². The summed E-state index contributed by atoms with van der Waals surface area (Å²) >= 11 is 0. The lowest BCUT2D eigenvalue weighted by molar-refractivity contribution is -0.147. The molecule has 0 bridgehead atoms. The van der Waals surface area contributed by atoms with Gasteiger partial charge in [0, 0.05) is 7.11 Å². The van der Waals surface area contributed by atoms with Gasteiger partial charge in [0.1, 0.15) is 6.61 Å². The fourth-order valence-corrected chi connectivity index (χ4v) is 2.94. The number of allylic oxidation sites excluding steroid dienone is 2. The second kappa shape index (κ2) is 6.66. The van der Waals surface area contributed by atoms with Gasteiger partial charge in [0.25, 0.3) is 0 Å². The van der Waals surface area contributed by atoms with E-state index in [2.05, 4.69) is 33.8 Å². The minimum atomic E-state index is -0.0894. The van der Waals surface area contributed by atoms with E-state index in [1.165, 1.54) is 5.57 Å². The predicted octanol–water partition coefficient (Wildman–Crippen LogP) is 4.11. The number of benzene rings is 1. The molecule has 2 rings (SSSR count). The zero-order valence-corrected chi connectivity index (χ0v) is 14.2. The van der Waals surface area contributed by atoms with Crippen LogP contribution in [0.25, 0.3) is 0 Å². The lowest BCUT2D eigenvalue weighted by atomic mass is 10.1. The van der Waals surface area contributed by atoms with Crippen molar-refractivity contribution in [1.82, 2.24) is 0 Å². The third-order valence-corrected chi connectivity index (χ3v) is 4.39. The number of hydrogen-bond donors (Lipinski definition) is 0. The van der Waals surface area contributed by atoms with Gasteiger partial charge < -0.3 is 9.47 Å². The summed E-state index contributed by atoms with van der Waals surface area (Å²) in [5.74, 6) is 0.192. The first-order chi connectivity index (χ1) is 10.4. The Morgan fingerprint density at radius 2 is 1.68 bits per heavy atom. The molecule has 2 atom stereocenters. The maximum atomic E-state index is 12.3. The molecular weight excluding hydrogens is 276 g/mol. The molecule has 0 N–H and O–H groups in total. The predicted molar refractivity (Wildman–Crippen MR) is 87.1 cm³/mol. The van der Waals surface area contributed by atoms with Gasteiger partial charge in [0.15, 0.2) is 0 Å². The highest BCUT2D eigenvalue weighted by molar-refractivity contribution is 5.78. The number of methoxy groups -OCH3 is 1. The molecule has 0 aliphatic heterocycles. The van der Waals surface area contributed by atoms with Gasteiger partial charge in [-0.1, -0.05) is 49.8 Å². The lowest BCUT2D eigenvalue weighted by Gasteiger charge is -2.07. The van der Waals surface area contributed by atoms with Crippen LogP contribution in [-0.4, -0.2) is 13.1 Å². The van der Waals surface area contributed by atoms with E-state index in [9.17, 15) is 4.79 Å². The van der Waals surface area contributed by atoms with E-state index < -0.39 is 0 Å². The molecule has 0 heterocycles. The molecule has 1 aromatic rings. The molecule has 1 saturated carbocycles. The molecule has 0 radical (unpaired) electrons. The minimum Gasteiger partial charge on any atom is -0.461 e. The molecule has 0 spiro atoms. The van der Waals surface area contributed by atoms with Crippen LogP contribution in [0.2, 0.25) is 0 Å². The Morgan fingerprint density at radius 3 is 2.18 bits per heavy atom. The van der Waals surface area contributed by atoms with Crippen molar-refractivity contribution in [3.63, 3.8) is 0 Å². The Kier molecular flexibility index (Phi) is 5.07. The summed E-state index contributed by atoms with van der Waals surface area (Å²) < 4.78 is 10.6. The summed E-state index contributed by atoms with van der Waals surface area (Å²) in [6.45, 7) is 9.32. The SMILES string of the molecule is COCc1ccc(COC(=O)[C@@H]2[C@@H](C=C(C)C)C2(C)C)cc1. The van der Waals surface area contributed by atoms with Crippen molar-refractivity contribution in [2.75, 3.05) is 7.11 Å². The van der Waals surface area contributed by atoms with Crippen LogP contribution in [0.15, 0.2) is 35.9 Å². The van der Waals surface area contributed by atoms with Gasteiger partial charge in [-0.15, -0.1) is 0 Å². The van der Waals surface area contributed by atoms with Crippen LogP contribution in [0.5, 0.6) is 0 Å². The Morgan fingerprint density at radius 1 is 1.14 bits per heavy atom. The zero-order chi connectivity index (χ0) is 16.3. The highest BCUT2D eigenvalue weighted by atomic mass is 16.5. The van der Waals surface area contributed by atoms with E-state index in [0.717, 1.165) is 11.1 Å². The molecule has 0 aromatic heterocycles. The second-order valence-corrected chi connectivity index (χ2v) is 6.93. The molecule has 0 saturated heterocycles. The number of carbonyl (C=O) groups is 1. The van der Waals surface area contributed by atoms with Crippen LogP contribution in [-0.2, 0) is 27.5 Å². The highest BCUT2D eigenvalue weighted by Crippen LogP contribution is 2.59. The van der Waals surface area contributed by atoms with Crippen LogP contribution in [0.4, 0.5) is 0 Å². The van der Waals surface area contributed by atoms with Crippen LogP contribution in [0.1, 0.15) is 38.8 Å². The summed E-state index contributed by atoms with van der Waals surface area (Å²) in [5.41, 5.74) is 3.38. The molecular formula is C19H26O3. The minimum absolute atomic E-state index is 0.0106. The van der Waals surface area contributed by atoms with Gasteiger partial charge in [-0.3, -0.25) is 4.79 Å². The molecule has 1 aliphatic rings. The van der Waals surface area contributed by atoms with Gasteiger partial charge in [-0.25, -0.2) is 0 Å². The monoisotopic (exact) mass is 302 g/mol. The average Bonchev–Trinajstić information content (AvgIpc) is 2.98. The topological polar surface area (TPSA) is 35.5 Å². The molecule has 120 valence electrons. The largest absolute Gasteiger partial charge is 0.461 e. The highest BCUT2D eigenvalue weighted by Gasteiger charge is 2.61. The van der Waals surface area contributed by atoms with E-state index in [0.29, 0.717) is 19.1 Å². The molecule has 1 aliphatic carbocycles. The molecule has 0 unspecified atom stereocenters. The first-order valence-electron chi connectivity index (χ1n) is 7.74. The van der Waals surface area contributed by atoms with Crippen molar-refractivity contribution in [1.29, 1.82) is 0 Å². The Labute approximate surface area is 133 Å². The third-order valence-electron chi connectivity index (χ3n) is 4.39. The number of hydrogen-bond acceptors (Lipinski definition) is 3. The third kappa shape index (κ3) is 3.77. The Hall–Kier alpha value is -1.61. The summed E-state index contributed by atoms with van der Waals surface area (Å²) in [6.07, 6.45) is 2.19. The van der Waals surface area contributed by atoms with Crippen molar-refractivity contribution in [3.05, 3.63) is 47.0 Å². The lowest BCUT2D eigenvalue weighted by Crippen LogP contribution is -2.10.